The Bertz CT molecular complexity index is 892. The van der Waals surface area contributed by atoms with E-state index in [9.17, 15) is 15.2 Å². The molecule has 0 atom stereocenters. The Morgan fingerprint density at radius 3 is 2.56 bits per heavy atom. The summed E-state index contributed by atoms with van der Waals surface area (Å²) < 4.78 is 5.46. The van der Waals surface area contributed by atoms with Crippen molar-refractivity contribution in [1.29, 1.82) is 5.26 Å². The van der Waals surface area contributed by atoms with Crippen LogP contribution in [0.25, 0.3) is 6.08 Å². The number of aromatic hydroxyl groups is 1. The van der Waals surface area contributed by atoms with E-state index in [0.717, 1.165) is 18.8 Å². The first-order valence-corrected chi connectivity index (χ1v) is 8.76. The monoisotopic (exact) mass is 363 g/mol. The minimum Gasteiger partial charge on any atom is -0.508 e. The predicted molar refractivity (Wildman–Crippen MR) is 105 cm³/mol. The molecule has 0 radical (unpaired) electrons. The summed E-state index contributed by atoms with van der Waals surface area (Å²) in [6.45, 7) is 2.05. The van der Waals surface area contributed by atoms with Crippen molar-refractivity contribution in [3.05, 3.63) is 53.6 Å². The first kappa shape index (κ1) is 18.3. The summed E-state index contributed by atoms with van der Waals surface area (Å²) in [6.07, 6.45) is 3.88. The van der Waals surface area contributed by atoms with E-state index < -0.39 is 5.91 Å². The molecule has 0 saturated carbocycles. The van der Waals surface area contributed by atoms with E-state index in [1.165, 1.54) is 31.1 Å². The zero-order chi connectivity index (χ0) is 19.2. The van der Waals surface area contributed by atoms with Gasteiger partial charge in [-0.05, 0) is 55.3 Å². The van der Waals surface area contributed by atoms with Gasteiger partial charge in [0.1, 0.15) is 23.1 Å². The lowest BCUT2D eigenvalue weighted by molar-refractivity contribution is -0.112. The van der Waals surface area contributed by atoms with E-state index in [1.807, 2.05) is 24.3 Å². The molecule has 27 heavy (non-hydrogen) atoms. The summed E-state index contributed by atoms with van der Waals surface area (Å²) in [6, 6.07) is 13.8. The highest BCUT2D eigenvalue weighted by molar-refractivity contribution is 6.09. The summed E-state index contributed by atoms with van der Waals surface area (Å²) in [5.41, 5.74) is 2.21. The third-order valence-corrected chi connectivity index (χ3v) is 4.48. The van der Waals surface area contributed by atoms with E-state index in [0.29, 0.717) is 17.0 Å². The molecule has 1 aliphatic heterocycles. The molecule has 0 aromatic heterocycles. The second-order valence-corrected chi connectivity index (χ2v) is 6.29. The number of nitrogens with one attached hydrogen (secondary N) is 1. The number of carbonyl (C=O) groups excluding carboxylic acids is 1. The largest absolute Gasteiger partial charge is 0.508 e. The molecule has 2 N–H and O–H groups in total. The fraction of sp³-hybridized carbons (Fsp3) is 0.238. The fourth-order valence-electron chi connectivity index (χ4n) is 3.04. The van der Waals surface area contributed by atoms with Crippen LogP contribution < -0.4 is 15.0 Å². The average Bonchev–Trinajstić information content (AvgIpc) is 3.22. The summed E-state index contributed by atoms with van der Waals surface area (Å²) in [7, 11) is 1.57. The Kier molecular flexibility index (Phi) is 5.62. The number of anilines is 2. The summed E-state index contributed by atoms with van der Waals surface area (Å²) in [4.78, 5) is 14.7. The van der Waals surface area contributed by atoms with Crippen LogP contribution in [-0.4, -0.2) is 31.2 Å². The minimum atomic E-state index is -0.520. The highest BCUT2D eigenvalue weighted by atomic mass is 16.5. The number of phenols is 1. The van der Waals surface area contributed by atoms with Crippen molar-refractivity contribution in [2.75, 3.05) is 30.4 Å². The van der Waals surface area contributed by atoms with Crippen molar-refractivity contribution in [2.45, 2.75) is 12.8 Å². The zero-order valence-corrected chi connectivity index (χ0v) is 15.1. The highest BCUT2D eigenvalue weighted by Crippen LogP contribution is 2.29. The van der Waals surface area contributed by atoms with Gasteiger partial charge in [-0.1, -0.05) is 0 Å². The van der Waals surface area contributed by atoms with Gasteiger partial charge in [-0.25, -0.2) is 0 Å². The van der Waals surface area contributed by atoms with Gasteiger partial charge < -0.3 is 20.1 Å². The standard InChI is InChI=1S/C21H21N3O3/c1-27-20-13-18(24-10-2-3-11-24)7-4-15(20)12-16(14-22)21(26)23-17-5-8-19(25)9-6-17/h4-9,12-13,25H,2-3,10-11H2,1H3,(H,23,26)/b16-12-. The Morgan fingerprint density at radius 1 is 1.22 bits per heavy atom. The van der Waals surface area contributed by atoms with Crippen LogP contribution in [0.1, 0.15) is 18.4 Å². The smallest absolute Gasteiger partial charge is 0.266 e. The molecule has 0 bridgehead atoms. The van der Waals surface area contributed by atoms with Gasteiger partial charge in [-0.2, -0.15) is 5.26 Å². The molecule has 0 unspecified atom stereocenters. The minimum absolute atomic E-state index is 0.0321. The maximum Gasteiger partial charge on any atom is 0.266 e. The molecule has 0 spiro atoms. The lowest BCUT2D eigenvalue weighted by atomic mass is 10.1. The fourth-order valence-corrected chi connectivity index (χ4v) is 3.04. The van der Waals surface area contributed by atoms with Gasteiger partial charge >= 0.3 is 0 Å². The van der Waals surface area contributed by atoms with Gasteiger partial charge in [0.05, 0.1) is 7.11 Å². The van der Waals surface area contributed by atoms with Crippen LogP contribution in [0.4, 0.5) is 11.4 Å². The summed E-state index contributed by atoms with van der Waals surface area (Å²) in [5, 5.41) is 21.4. The SMILES string of the molecule is COc1cc(N2CCCC2)ccc1/C=C(/C#N)C(=O)Nc1ccc(O)cc1. The number of methoxy groups -OCH3 is 1. The highest BCUT2D eigenvalue weighted by Gasteiger charge is 2.15. The number of hydrogen-bond donors (Lipinski definition) is 2. The number of benzene rings is 2. The number of ether oxygens (including phenoxy) is 1. The molecule has 0 aliphatic carbocycles. The number of carbonyl (C=O) groups is 1. The number of hydrogen-bond acceptors (Lipinski definition) is 5. The Labute approximate surface area is 158 Å². The van der Waals surface area contributed by atoms with Gasteiger partial charge in [-0.15, -0.1) is 0 Å². The van der Waals surface area contributed by atoms with Crippen molar-refractivity contribution in [3.63, 3.8) is 0 Å². The first-order valence-electron chi connectivity index (χ1n) is 8.76. The molecule has 6 heteroatoms. The molecular formula is C21H21N3O3. The summed E-state index contributed by atoms with van der Waals surface area (Å²) >= 11 is 0. The second-order valence-electron chi connectivity index (χ2n) is 6.29. The Morgan fingerprint density at radius 2 is 1.93 bits per heavy atom. The van der Waals surface area contributed by atoms with Gasteiger partial charge in [0, 0.05) is 36.1 Å². The Balaban J connectivity index is 1.82. The van der Waals surface area contributed by atoms with Gasteiger partial charge in [0.25, 0.3) is 5.91 Å². The molecular weight excluding hydrogens is 342 g/mol. The Hall–Kier alpha value is -3.46. The molecule has 138 valence electrons. The van der Waals surface area contributed by atoms with E-state index in [2.05, 4.69) is 10.2 Å². The third kappa shape index (κ3) is 4.39. The molecule has 1 aliphatic rings. The number of rotatable bonds is 5. The molecule has 2 aromatic rings. The molecule has 1 saturated heterocycles. The number of nitrogens with zero attached hydrogens (tertiary/aromatic N) is 2. The molecule has 6 nitrogen and oxygen atoms in total. The summed E-state index contributed by atoms with van der Waals surface area (Å²) in [5.74, 6) is 0.199. The number of amides is 1. The topological polar surface area (TPSA) is 85.6 Å². The number of nitriles is 1. The molecule has 2 aromatic carbocycles. The van der Waals surface area contributed by atoms with Crippen LogP contribution in [0.2, 0.25) is 0 Å². The maximum atomic E-state index is 12.4. The van der Waals surface area contributed by atoms with Crippen molar-refractivity contribution in [1.82, 2.24) is 0 Å². The van der Waals surface area contributed by atoms with E-state index >= 15 is 0 Å². The van der Waals surface area contributed by atoms with E-state index in [1.54, 1.807) is 19.2 Å². The average molecular weight is 363 g/mol. The second kappa shape index (κ2) is 8.28. The lowest BCUT2D eigenvalue weighted by Crippen LogP contribution is -2.17. The number of phenolic OH excluding ortho intramolecular Hbond substituents is 1. The quantitative estimate of drug-likeness (QED) is 0.482. The predicted octanol–water partition coefficient (Wildman–Crippen LogP) is 3.55. The van der Waals surface area contributed by atoms with E-state index in [-0.39, 0.29) is 11.3 Å². The van der Waals surface area contributed by atoms with Crippen LogP contribution in [0.15, 0.2) is 48.0 Å². The zero-order valence-electron chi connectivity index (χ0n) is 15.1. The normalized spacial score (nSPS) is 13.9. The van der Waals surface area contributed by atoms with Crippen LogP contribution in [0.5, 0.6) is 11.5 Å². The van der Waals surface area contributed by atoms with Crippen molar-refractivity contribution in [3.8, 4) is 17.6 Å². The maximum absolute atomic E-state index is 12.4. The molecule has 1 fully saturated rings. The first-order chi connectivity index (χ1) is 13.1. The van der Waals surface area contributed by atoms with Crippen molar-refractivity contribution >= 4 is 23.4 Å². The third-order valence-electron chi connectivity index (χ3n) is 4.48. The van der Waals surface area contributed by atoms with Gasteiger partial charge in [0.15, 0.2) is 0 Å². The lowest BCUT2D eigenvalue weighted by Gasteiger charge is -2.19. The van der Waals surface area contributed by atoms with Crippen LogP contribution >= 0.6 is 0 Å². The van der Waals surface area contributed by atoms with Gasteiger partial charge in [0.2, 0.25) is 0 Å². The van der Waals surface area contributed by atoms with Gasteiger partial charge in [-0.3, -0.25) is 4.79 Å². The van der Waals surface area contributed by atoms with Crippen LogP contribution in [0.3, 0.4) is 0 Å². The molecule has 3 rings (SSSR count). The van der Waals surface area contributed by atoms with Crippen LogP contribution in [0, 0.1) is 11.3 Å². The van der Waals surface area contributed by atoms with Crippen molar-refractivity contribution < 1.29 is 14.6 Å². The molecule has 1 heterocycles. The van der Waals surface area contributed by atoms with Crippen molar-refractivity contribution in [2.24, 2.45) is 0 Å². The molecule has 1 amide bonds. The van der Waals surface area contributed by atoms with E-state index in [4.69, 9.17) is 4.74 Å². The van der Waals surface area contributed by atoms with Crippen LogP contribution in [-0.2, 0) is 4.79 Å².